The zero-order valence-corrected chi connectivity index (χ0v) is 53.8. The second-order valence-corrected chi connectivity index (χ2v) is 24.4. The fourth-order valence-electron chi connectivity index (χ4n) is 14.4. The van der Waals surface area contributed by atoms with Crippen LogP contribution < -0.4 is 0 Å². The van der Waals surface area contributed by atoms with Crippen molar-refractivity contribution in [2.75, 3.05) is 0 Å². The number of nitrogens with zero attached hydrogens (tertiary/aromatic N) is 3. The van der Waals surface area contributed by atoms with E-state index >= 15 is 0 Å². The minimum atomic E-state index is 0. The molecule has 0 saturated carbocycles. The van der Waals surface area contributed by atoms with Crippen molar-refractivity contribution in [1.29, 1.82) is 0 Å². The van der Waals surface area contributed by atoms with Crippen LogP contribution in [-0.2, 0) is 20.1 Å². The fraction of sp³-hybridized carbons (Fsp3) is 0.0690. The summed E-state index contributed by atoms with van der Waals surface area (Å²) in [7, 11) is 0. The van der Waals surface area contributed by atoms with E-state index in [-0.39, 0.29) is 20.1 Å². The third-order valence-corrected chi connectivity index (χ3v) is 18.2. The number of hydrogen-bond acceptors (Lipinski definition) is 3. The van der Waals surface area contributed by atoms with Gasteiger partial charge in [-0.1, -0.05) is 224 Å². The molecule has 0 amide bonds. The molecule has 1 radical (unpaired) electrons. The standard InChI is InChI=1S/3C29H20N.Ir/c3*1-18-15-19(2)17-21(16-18)29-28-12-11-25-24-8-7-20-5-3-4-6-22(20)23(24)9-10-26(25)27(28)13-14-30-29;/h3*3-16H,1-2H3;/q3*-1;. The second-order valence-electron chi connectivity index (χ2n) is 24.4. The molecule has 4 heteroatoms. The minimum Gasteiger partial charge on any atom is -0.304 e. The maximum atomic E-state index is 4.74. The molecule has 15 aromatic carbocycles. The number of pyridine rings is 3. The van der Waals surface area contributed by atoms with Gasteiger partial charge in [0.25, 0.3) is 0 Å². The topological polar surface area (TPSA) is 38.7 Å². The Labute approximate surface area is 542 Å². The Morgan fingerprint density at radius 3 is 0.670 bits per heavy atom. The van der Waals surface area contributed by atoms with E-state index in [1.807, 2.05) is 18.6 Å². The zero-order valence-electron chi connectivity index (χ0n) is 51.4. The molecular formula is C87H60IrN3-3. The van der Waals surface area contributed by atoms with Crippen LogP contribution in [0.3, 0.4) is 0 Å². The van der Waals surface area contributed by atoms with E-state index in [2.05, 4.69) is 296 Å². The normalized spacial score (nSPS) is 11.5. The van der Waals surface area contributed by atoms with E-state index in [0.717, 1.165) is 50.5 Å². The van der Waals surface area contributed by atoms with E-state index in [4.69, 9.17) is 15.0 Å². The second kappa shape index (κ2) is 23.2. The Kier molecular flexibility index (Phi) is 14.5. The summed E-state index contributed by atoms with van der Waals surface area (Å²) in [6, 6.07) is 96.1. The molecule has 435 valence electrons. The van der Waals surface area contributed by atoms with Crippen LogP contribution in [0, 0.1) is 59.7 Å². The Morgan fingerprint density at radius 2 is 0.418 bits per heavy atom. The number of aromatic nitrogens is 3. The summed E-state index contributed by atoms with van der Waals surface area (Å²) >= 11 is 0. The molecule has 0 bridgehead atoms. The molecule has 18 rings (SSSR count). The smallest absolute Gasteiger partial charge is 0.0167 e. The van der Waals surface area contributed by atoms with Gasteiger partial charge in [-0.25, -0.2) is 0 Å². The molecule has 3 aromatic heterocycles. The summed E-state index contributed by atoms with van der Waals surface area (Å²) in [6.45, 7) is 12.7. The molecule has 91 heavy (non-hydrogen) atoms. The Bertz CT molecular complexity index is 5360. The van der Waals surface area contributed by atoms with Gasteiger partial charge in [0, 0.05) is 38.7 Å². The maximum Gasteiger partial charge on any atom is 0.0167 e. The molecule has 0 saturated heterocycles. The van der Waals surface area contributed by atoms with E-state index in [1.54, 1.807) is 0 Å². The average Bonchev–Trinajstić information content (AvgIpc) is 0.823. The summed E-state index contributed by atoms with van der Waals surface area (Å²) in [5.74, 6) is 0. The number of fused-ring (bicyclic) bond motifs is 21. The van der Waals surface area contributed by atoms with Crippen molar-refractivity contribution in [2.45, 2.75) is 41.5 Å². The van der Waals surface area contributed by atoms with Crippen LogP contribution in [0.4, 0.5) is 0 Å². The molecule has 0 aliphatic carbocycles. The van der Waals surface area contributed by atoms with Crippen LogP contribution in [0.25, 0.3) is 163 Å². The van der Waals surface area contributed by atoms with Gasteiger partial charge in [0.2, 0.25) is 0 Å². The van der Waals surface area contributed by atoms with Gasteiger partial charge in [-0.3, -0.25) is 0 Å². The number of aryl methyl sites for hydroxylation is 6. The van der Waals surface area contributed by atoms with Gasteiger partial charge in [-0.2, -0.15) is 0 Å². The molecule has 0 aliphatic heterocycles. The van der Waals surface area contributed by atoms with Crippen LogP contribution in [0.1, 0.15) is 33.4 Å². The first-order chi connectivity index (χ1) is 44.1. The Morgan fingerprint density at radius 1 is 0.209 bits per heavy atom. The summed E-state index contributed by atoms with van der Waals surface area (Å²) < 4.78 is 0. The van der Waals surface area contributed by atoms with Crippen molar-refractivity contribution >= 4 is 129 Å². The van der Waals surface area contributed by atoms with Crippen molar-refractivity contribution < 1.29 is 20.1 Å². The van der Waals surface area contributed by atoms with Crippen LogP contribution >= 0.6 is 0 Å². The molecule has 3 heterocycles. The van der Waals surface area contributed by atoms with Gasteiger partial charge in [0.15, 0.2) is 0 Å². The van der Waals surface area contributed by atoms with Gasteiger partial charge < -0.3 is 15.0 Å². The van der Waals surface area contributed by atoms with Crippen molar-refractivity contribution in [1.82, 2.24) is 15.0 Å². The zero-order chi connectivity index (χ0) is 60.7. The van der Waals surface area contributed by atoms with Crippen LogP contribution in [-0.4, -0.2) is 15.0 Å². The van der Waals surface area contributed by atoms with E-state index in [9.17, 15) is 0 Å². The molecule has 18 aromatic rings. The SMILES string of the molecule is Cc1[c-]c(-c2nccc3c2ccc2c3ccc3c4ccccc4ccc32)cc(C)c1.Cc1[c-]c(-c2nccc3c2ccc2c3ccc3c4ccccc4ccc32)cc(C)c1.Cc1[c-]c(-c2nccc3c2ccc2c3ccc3c4ccccc4ccc32)cc(C)c1.[Ir]. The summed E-state index contributed by atoms with van der Waals surface area (Å²) in [5, 5.41) is 30.4. The van der Waals surface area contributed by atoms with E-state index in [0.29, 0.717) is 0 Å². The molecule has 0 spiro atoms. The van der Waals surface area contributed by atoms with Gasteiger partial charge >= 0.3 is 0 Å². The maximum absolute atomic E-state index is 4.74. The first-order valence-corrected chi connectivity index (χ1v) is 31.0. The number of benzene rings is 15. The number of hydrogen-bond donors (Lipinski definition) is 0. The van der Waals surface area contributed by atoms with Crippen molar-refractivity contribution in [2.24, 2.45) is 0 Å². The molecule has 0 fully saturated rings. The van der Waals surface area contributed by atoms with Crippen molar-refractivity contribution in [3.8, 4) is 33.8 Å². The van der Waals surface area contributed by atoms with Crippen LogP contribution in [0.2, 0.25) is 0 Å². The largest absolute Gasteiger partial charge is 0.304 e. The summed E-state index contributed by atoms with van der Waals surface area (Å²) in [4.78, 5) is 14.2. The molecule has 0 aliphatic rings. The molecule has 0 atom stereocenters. The van der Waals surface area contributed by atoms with Gasteiger partial charge in [-0.15, -0.1) is 105 Å². The summed E-state index contributed by atoms with van der Waals surface area (Å²) in [6.07, 6.45) is 5.77. The van der Waals surface area contributed by atoms with Gasteiger partial charge in [0.1, 0.15) is 0 Å². The fourth-order valence-corrected chi connectivity index (χ4v) is 14.4. The van der Waals surface area contributed by atoms with E-state index < -0.39 is 0 Å². The Hall–Kier alpha value is -10.5. The van der Waals surface area contributed by atoms with Crippen molar-refractivity contribution in [3.63, 3.8) is 0 Å². The quantitative estimate of drug-likeness (QED) is 0.131. The molecule has 0 N–H and O–H groups in total. The third-order valence-electron chi connectivity index (χ3n) is 18.2. The monoisotopic (exact) mass is 1340 g/mol. The number of rotatable bonds is 3. The van der Waals surface area contributed by atoms with Gasteiger partial charge in [0.05, 0.1) is 0 Å². The van der Waals surface area contributed by atoms with Crippen LogP contribution in [0.5, 0.6) is 0 Å². The molecular weight excluding hydrogens is 1280 g/mol. The van der Waals surface area contributed by atoms with Crippen molar-refractivity contribution in [3.05, 3.63) is 307 Å². The van der Waals surface area contributed by atoms with Gasteiger partial charge in [-0.05, 0) is 165 Å². The minimum absolute atomic E-state index is 0. The Balaban J connectivity index is 0.000000113. The average molecular weight is 1340 g/mol. The van der Waals surface area contributed by atoms with Crippen LogP contribution in [0.15, 0.2) is 255 Å². The first kappa shape index (κ1) is 57.0. The predicted molar refractivity (Wildman–Crippen MR) is 384 cm³/mol. The third kappa shape index (κ3) is 10.1. The first-order valence-electron chi connectivity index (χ1n) is 31.0. The summed E-state index contributed by atoms with van der Waals surface area (Å²) in [5.41, 5.74) is 13.3. The van der Waals surface area contributed by atoms with E-state index in [1.165, 1.54) is 146 Å². The predicted octanol–water partition coefficient (Wildman–Crippen LogP) is 23.3. The molecule has 0 unspecified atom stereocenters. The molecule has 3 nitrogen and oxygen atoms in total.